The lowest BCUT2D eigenvalue weighted by Crippen LogP contribution is -2.33. The Bertz CT molecular complexity index is 355. The van der Waals surface area contributed by atoms with E-state index in [1.54, 1.807) is 6.20 Å². The van der Waals surface area contributed by atoms with Crippen LogP contribution < -0.4 is 0 Å². The molecule has 1 aliphatic carbocycles. The number of aromatic amines is 1. The summed E-state index contributed by atoms with van der Waals surface area (Å²) in [6.45, 7) is 0. The van der Waals surface area contributed by atoms with Crippen molar-refractivity contribution in [2.45, 2.75) is 31.1 Å². The normalized spacial score (nSPS) is 19.8. The fourth-order valence-electron chi connectivity index (χ4n) is 2.16. The molecule has 4 nitrogen and oxygen atoms in total. The highest BCUT2D eigenvalue weighted by Gasteiger charge is 2.45. The highest BCUT2D eigenvalue weighted by atomic mass is 79.9. The molecule has 2 rings (SSSR count). The first-order valence-corrected chi connectivity index (χ1v) is 5.39. The fraction of sp³-hybridized carbons (Fsp3) is 0.556. The number of aliphatic carboxylic acids is 1. The summed E-state index contributed by atoms with van der Waals surface area (Å²) in [4.78, 5) is 11.3. The minimum atomic E-state index is -0.750. The van der Waals surface area contributed by atoms with Gasteiger partial charge in [-0.1, -0.05) is 12.8 Å². The Morgan fingerprint density at radius 3 is 2.64 bits per heavy atom. The number of carboxylic acid groups (broad SMARTS) is 1. The number of carbonyl (C=O) groups is 1. The van der Waals surface area contributed by atoms with Gasteiger partial charge in [-0.2, -0.15) is 5.10 Å². The highest BCUT2D eigenvalue weighted by Crippen LogP contribution is 2.42. The van der Waals surface area contributed by atoms with E-state index < -0.39 is 11.4 Å². The van der Waals surface area contributed by atoms with Crippen LogP contribution >= 0.6 is 15.9 Å². The third-order valence-corrected chi connectivity index (χ3v) is 3.54. The van der Waals surface area contributed by atoms with Gasteiger partial charge in [-0.3, -0.25) is 9.89 Å². The maximum absolute atomic E-state index is 11.3. The van der Waals surface area contributed by atoms with Crippen LogP contribution in [0, 0.1) is 0 Å². The minimum Gasteiger partial charge on any atom is -0.481 e. The topological polar surface area (TPSA) is 66.0 Å². The Hall–Kier alpha value is -0.840. The summed E-state index contributed by atoms with van der Waals surface area (Å²) in [5.74, 6) is -0.750. The van der Waals surface area contributed by atoms with Crippen molar-refractivity contribution in [3.8, 4) is 0 Å². The SMILES string of the molecule is O=C(O)C1(c2[nH]ncc2Br)CCCC1. The molecule has 0 unspecified atom stereocenters. The zero-order valence-electron chi connectivity index (χ0n) is 7.59. The van der Waals surface area contributed by atoms with Gasteiger partial charge in [0.15, 0.2) is 0 Å². The van der Waals surface area contributed by atoms with Crippen molar-refractivity contribution in [1.29, 1.82) is 0 Å². The van der Waals surface area contributed by atoms with Crippen LogP contribution in [0.5, 0.6) is 0 Å². The molecule has 2 N–H and O–H groups in total. The Labute approximate surface area is 89.8 Å². The van der Waals surface area contributed by atoms with Crippen molar-refractivity contribution < 1.29 is 9.90 Å². The smallest absolute Gasteiger partial charge is 0.315 e. The molecule has 1 saturated carbocycles. The summed E-state index contributed by atoms with van der Waals surface area (Å²) in [7, 11) is 0. The molecular weight excluding hydrogens is 248 g/mol. The quantitative estimate of drug-likeness (QED) is 0.854. The van der Waals surface area contributed by atoms with Gasteiger partial charge in [0.05, 0.1) is 16.4 Å². The molecule has 1 aliphatic rings. The van der Waals surface area contributed by atoms with Crippen LogP contribution in [0.4, 0.5) is 0 Å². The zero-order chi connectivity index (χ0) is 10.2. The first kappa shape index (κ1) is 9.71. The average molecular weight is 259 g/mol. The Morgan fingerprint density at radius 2 is 2.21 bits per heavy atom. The van der Waals surface area contributed by atoms with Crippen molar-refractivity contribution >= 4 is 21.9 Å². The number of halogens is 1. The van der Waals surface area contributed by atoms with E-state index >= 15 is 0 Å². The van der Waals surface area contributed by atoms with Crippen LogP contribution in [0.2, 0.25) is 0 Å². The van der Waals surface area contributed by atoms with Gasteiger partial charge in [-0.15, -0.1) is 0 Å². The Kier molecular flexibility index (Phi) is 2.34. The van der Waals surface area contributed by atoms with E-state index in [1.165, 1.54) is 0 Å². The van der Waals surface area contributed by atoms with Gasteiger partial charge < -0.3 is 5.11 Å². The van der Waals surface area contributed by atoms with Gasteiger partial charge in [0.25, 0.3) is 0 Å². The zero-order valence-corrected chi connectivity index (χ0v) is 9.17. The summed E-state index contributed by atoms with van der Waals surface area (Å²) < 4.78 is 0.766. The van der Waals surface area contributed by atoms with Crippen molar-refractivity contribution in [2.24, 2.45) is 0 Å². The van der Waals surface area contributed by atoms with Gasteiger partial charge in [0, 0.05) is 0 Å². The molecule has 0 radical (unpaired) electrons. The molecule has 1 fully saturated rings. The van der Waals surface area contributed by atoms with Crippen molar-refractivity contribution in [3.05, 3.63) is 16.4 Å². The molecular formula is C9H11BrN2O2. The Morgan fingerprint density at radius 1 is 1.57 bits per heavy atom. The predicted octanol–water partition coefficient (Wildman–Crippen LogP) is 2.07. The number of hydrogen-bond donors (Lipinski definition) is 2. The summed E-state index contributed by atoms with van der Waals surface area (Å²) in [6.07, 6.45) is 4.94. The van der Waals surface area contributed by atoms with Crippen LogP contribution in [-0.4, -0.2) is 21.3 Å². The predicted molar refractivity (Wildman–Crippen MR) is 54.1 cm³/mol. The second-order valence-corrected chi connectivity index (χ2v) is 4.54. The lowest BCUT2D eigenvalue weighted by atomic mass is 9.83. The van der Waals surface area contributed by atoms with Gasteiger partial charge in [0.1, 0.15) is 5.41 Å². The van der Waals surface area contributed by atoms with Gasteiger partial charge in [-0.25, -0.2) is 0 Å². The molecule has 0 amide bonds. The second-order valence-electron chi connectivity index (χ2n) is 3.69. The van der Waals surface area contributed by atoms with E-state index in [0.717, 1.165) is 17.3 Å². The molecule has 0 spiro atoms. The van der Waals surface area contributed by atoms with Crippen LogP contribution in [-0.2, 0) is 10.2 Å². The fourth-order valence-corrected chi connectivity index (χ4v) is 2.73. The van der Waals surface area contributed by atoms with Crippen molar-refractivity contribution in [2.75, 3.05) is 0 Å². The number of carboxylic acids is 1. The second kappa shape index (κ2) is 3.38. The lowest BCUT2D eigenvalue weighted by molar-refractivity contribution is -0.143. The molecule has 0 aromatic carbocycles. The van der Waals surface area contributed by atoms with Crippen LogP contribution in [0.25, 0.3) is 0 Å². The maximum atomic E-state index is 11.3. The molecule has 1 aromatic heterocycles. The molecule has 0 aliphatic heterocycles. The van der Waals surface area contributed by atoms with Gasteiger partial charge in [0.2, 0.25) is 0 Å². The average Bonchev–Trinajstić information content (AvgIpc) is 2.72. The van der Waals surface area contributed by atoms with Gasteiger partial charge in [-0.05, 0) is 28.8 Å². The number of rotatable bonds is 2. The van der Waals surface area contributed by atoms with Crippen LogP contribution in [0.1, 0.15) is 31.4 Å². The van der Waals surface area contributed by atoms with E-state index in [2.05, 4.69) is 26.1 Å². The van der Waals surface area contributed by atoms with Crippen LogP contribution in [0.3, 0.4) is 0 Å². The summed E-state index contributed by atoms with van der Waals surface area (Å²) in [5, 5.41) is 15.9. The minimum absolute atomic E-state index is 0.698. The first-order valence-electron chi connectivity index (χ1n) is 4.59. The standard InChI is InChI=1S/C9H11BrN2O2/c10-6-5-11-12-7(6)9(8(13)14)3-1-2-4-9/h5H,1-4H2,(H,11,12)(H,13,14). The Balaban J connectivity index is 2.46. The number of nitrogens with one attached hydrogen (secondary N) is 1. The van der Waals surface area contributed by atoms with E-state index in [4.69, 9.17) is 0 Å². The lowest BCUT2D eigenvalue weighted by Gasteiger charge is -2.22. The largest absolute Gasteiger partial charge is 0.481 e. The van der Waals surface area contributed by atoms with Crippen LogP contribution in [0.15, 0.2) is 10.7 Å². The molecule has 1 aromatic rings. The number of H-pyrrole nitrogens is 1. The number of aromatic nitrogens is 2. The molecule has 14 heavy (non-hydrogen) atoms. The van der Waals surface area contributed by atoms with E-state index in [1.807, 2.05) is 0 Å². The highest BCUT2D eigenvalue weighted by molar-refractivity contribution is 9.10. The third-order valence-electron chi connectivity index (χ3n) is 2.94. The molecule has 76 valence electrons. The van der Waals surface area contributed by atoms with E-state index in [-0.39, 0.29) is 0 Å². The number of nitrogens with zero attached hydrogens (tertiary/aromatic N) is 1. The summed E-state index contributed by atoms with van der Waals surface area (Å²) >= 11 is 3.32. The summed E-state index contributed by atoms with van der Waals surface area (Å²) in [5.41, 5.74) is -0.0301. The van der Waals surface area contributed by atoms with E-state index in [9.17, 15) is 9.90 Å². The molecule has 1 heterocycles. The monoisotopic (exact) mass is 258 g/mol. The van der Waals surface area contributed by atoms with Crippen molar-refractivity contribution in [3.63, 3.8) is 0 Å². The maximum Gasteiger partial charge on any atom is 0.315 e. The first-order chi connectivity index (χ1) is 6.67. The number of hydrogen-bond acceptors (Lipinski definition) is 2. The molecule has 0 bridgehead atoms. The molecule has 0 saturated heterocycles. The molecule has 5 heteroatoms. The third kappa shape index (κ3) is 1.27. The van der Waals surface area contributed by atoms with Gasteiger partial charge >= 0.3 is 5.97 Å². The van der Waals surface area contributed by atoms with E-state index in [0.29, 0.717) is 18.5 Å². The van der Waals surface area contributed by atoms with Crippen molar-refractivity contribution in [1.82, 2.24) is 10.2 Å². The molecule has 0 atom stereocenters. The summed E-state index contributed by atoms with van der Waals surface area (Å²) in [6, 6.07) is 0.